The Kier molecular flexibility index (Phi) is 5.64. The number of rotatable bonds is 3. The first kappa shape index (κ1) is 16.0. The van der Waals surface area contributed by atoms with E-state index in [4.69, 9.17) is 22.3 Å². The van der Waals surface area contributed by atoms with Gasteiger partial charge in [-0.3, -0.25) is 0 Å². The first-order valence-corrected chi connectivity index (χ1v) is 7.94. The lowest BCUT2D eigenvalue weighted by Gasteiger charge is -2.30. The monoisotopic (exact) mass is 331 g/mol. The van der Waals surface area contributed by atoms with Crippen molar-refractivity contribution in [3.8, 4) is 0 Å². The molecule has 6 heteroatoms. The van der Waals surface area contributed by atoms with E-state index >= 15 is 0 Å². The molecule has 2 N–H and O–H groups in total. The summed E-state index contributed by atoms with van der Waals surface area (Å²) < 4.78 is 1.24. The van der Waals surface area contributed by atoms with E-state index in [0.717, 1.165) is 36.7 Å². The van der Waals surface area contributed by atoms with Crippen molar-refractivity contribution < 1.29 is 0 Å². The highest BCUT2D eigenvalue weighted by Crippen LogP contribution is 2.34. The number of piperidine rings is 1. The van der Waals surface area contributed by atoms with Crippen molar-refractivity contribution in [2.24, 2.45) is 5.73 Å². The van der Waals surface area contributed by atoms with Crippen molar-refractivity contribution in [1.82, 2.24) is 9.88 Å². The molecule has 1 fully saturated rings. The Bertz CT molecular complexity index is 565. The smallest absolute Gasteiger partial charge is 0.0970 e. The number of halogens is 2. The van der Waals surface area contributed by atoms with Crippen LogP contribution in [-0.4, -0.2) is 36.1 Å². The maximum atomic E-state index is 6.01. The van der Waals surface area contributed by atoms with Crippen molar-refractivity contribution in [3.05, 3.63) is 28.2 Å². The third kappa shape index (κ3) is 3.43. The predicted molar refractivity (Wildman–Crippen MR) is 89.3 cm³/mol. The van der Waals surface area contributed by atoms with Gasteiger partial charge in [-0.25, -0.2) is 4.98 Å². The lowest BCUT2D eigenvalue weighted by Crippen LogP contribution is -2.36. The largest absolute Gasteiger partial charge is 0.329 e. The van der Waals surface area contributed by atoms with Crippen molar-refractivity contribution in [2.45, 2.75) is 18.8 Å². The van der Waals surface area contributed by atoms with Crippen molar-refractivity contribution >= 4 is 45.6 Å². The van der Waals surface area contributed by atoms with E-state index in [1.807, 2.05) is 23.5 Å². The highest BCUT2D eigenvalue weighted by atomic mass is 35.5. The molecule has 0 spiro atoms. The number of nitrogens with zero attached hydrogens (tertiary/aromatic N) is 2. The minimum absolute atomic E-state index is 0. The van der Waals surface area contributed by atoms with Gasteiger partial charge < -0.3 is 10.6 Å². The maximum Gasteiger partial charge on any atom is 0.0970 e. The molecule has 20 heavy (non-hydrogen) atoms. The summed E-state index contributed by atoms with van der Waals surface area (Å²) in [6.45, 7) is 4.05. The van der Waals surface area contributed by atoms with Crippen LogP contribution in [0.1, 0.15) is 23.8 Å². The van der Waals surface area contributed by atoms with Gasteiger partial charge in [0.2, 0.25) is 0 Å². The zero-order chi connectivity index (χ0) is 13.2. The molecular formula is C14H19Cl2N3S. The molecule has 1 aromatic carbocycles. The van der Waals surface area contributed by atoms with Crippen LogP contribution in [0.15, 0.2) is 18.2 Å². The standard InChI is InChI=1S/C14H18ClN3S.ClH/c15-11-1-2-13-12(9-11)17-14(19-13)10-3-6-18(7-4-10)8-5-16;/h1-2,9-10H,3-8,16H2;1H. The Morgan fingerprint density at radius 1 is 1.35 bits per heavy atom. The van der Waals surface area contributed by atoms with E-state index in [9.17, 15) is 0 Å². The zero-order valence-electron chi connectivity index (χ0n) is 11.2. The molecule has 110 valence electrons. The summed E-state index contributed by atoms with van der Waals surface area (Å²) in [5, 5.41) is 2.03. The third-order valence-corrected chi connectivity index (χ3v) is 5.18. The summed E-state index contributed by atoms with van der Waals surface area (Å²) in [6, 6.07) is 5.97. The molecule has 0 bridgehead atoms. The Balaban J connectivity index is 0.00000147. The highest BCUT2D eigenvalue weighted by Gasteiger charge is 2.22. The van der Waals surface area contributed by atoms with Gasteiger partial charge in [-0.05, 0) is 44.1 Å². The van der Waals surface area contributed by atoms with Crippen LogP contribution in [0.4, 0.5) is 0 Å². The molecule has 2 heterocycles. The van der Waals surface area contributed by atoms with Crippen LogP contribution in [0.3, 0.4) is 0 Å². The van der Waals surface area contributed by atoms with E-state index in [2.05, 4.69) is 11.0 Å². The van der Waals surface area contributed by atoms with Crippen LogP contribution in [0.25, 0.3) is 10.2 Å². The third-order valence-electron chi connectivity index (χ3n) is 3.75. The van der Waals surface area contributed by atoms with E-state index in [0.29, 0.717) is 5.92 Å². The first-order valence-electron chi connectivity index (χ1n) is 6.74. The number of aromatic nitrogens is 1. The van der Waals surface area contributed by atoms with E-state index in [1.165, 1.54) is 22.5 Å². The van der Waals surface area contributed by atoms with Gasteiger partial charge in [-0.15, -0.1) is 23.7 Å². The highest BCUT2D eigenvalue weighted by molar-refractivity contribution is 7.18. The summed E-state index contributed by atoms with van der Waals surface area (Å²) in [5.74, 6) is 0.602. The average Bonchev–Trinajstić information content (AvgIpc) is 2.83. The minimum Gasteiger partial charge on any atom is -0.329 e. The van der Waals surface area contributed by atoms with E-state index in [-0.39, 0.29) is 12.4 Å². The molecule has 0 saturated carbocycles. The van der Waals surface area contributed by atoms with Crippen LogP contribution >= 0.6 is 35.3 Å². The van der Waals surface area contributed by atoms with Gasteiger partial charge in [-0.2, -0.15) is 0 Å². The molecule has 3 rings (SSSR count). The first-order chi connectivity index (χ1) is 9.26. The maximum absolute atomic E-state index is 6.01. The fourth-order valence-corrected chi connectivity index (χ4v) is 3.96. The van der Waals surface area contributed by atoms with Crippen LogP contribution < -0.4 is 5.73 Å². The second-order valence-electron chi connectivity index (χ2n) is 5.07. The quantitative estimate of drug-likeness (QED) is 0.935. The van der Waals surface area contributed by atoms with Gasteiger partial charge in [0.05, 0.1) is 15.2 Å². The number of nitrogens with two attached hydrogens (primary N) is 1. The number of benzene rings is 1. The number of hydrogen-bond acceptors (Lipinski definition) is 4. The molecule has 0 amide bonds. The Labute approximate surface area is 134 Å². The van der Waals surface area contributed by atoms with E-state index in [1.54, 1.807) is 0 Å². The zero-order valence-corrected chi connectivity index (χ0v) is 13.6. The second kappa shape index (κ2) is 7.05. The molecule has 2 aromatic rings. The summed E-state index contributed by atoms with van der Waals surface area (Å²) in [5.41, 5.74) is 6.64. The van der Waals surface area contributed by atoms with Gasteiger partial charge in [0, 0.05) is 24.0 Å². The average molecular weight is 332 g/mol. The fraction of sp³-hybridized carbons (Fsp3) is 0.500. The predicted octanol–water partition coefficient (Wildman–Crippen LogP) is 3.51. The van der Waals surface area contributed by atoms with Gasteiger partial charge in [0.25, 0.3) is 0 Å². The molecule has 3 nitrogen and oxygen atoms in total. The molecule has 0 atom stereocenters. The van der Waals surface area contributed by atoms with Gasteiger partial charge in [0.1, 0.15) is 0 Å². The topological polar surface area (TPSA) is 42.1 Å². The van der Waals surface area contributed by atoms with Crippen molar-refractivity contribution in [2.75, 3.05) is 26.2 Å². The van der Waals surface area contributed by atoms with Crippen molar-refractivity contribution in [1.29, 1.82) is 0 Å². The second-order valence-corrected chi connectivity index (χ2v) is 6.57. The Morgan fingerprint density at radius 3 is 2.80 bits per heavy atom. The number of fused-ring (bicyclic) bond motifs is 1. The summed E-state index contributed by atoms with van der Waals surface area (Å²) in [6.07, 6.45) is 2.38. The Hall–Kier alpha value is -0.390. The Morgan fingerprint density at radius 2 is 2.10 bits per heavy atom. The van der Waals surface area contributed by atoms with Crippen molar-refractivity contribution in [3.63, 3.8) is 0 Å². The minimum atomic E-state index is 0. The van der Waals surface area contributed by atoms with Crippen LogP contribution in [0.5, 0.6) is 0 Å². The van der Waals surface area contributed by atoms with E-state index < -0.39 is 0 Å². The molecule has 1 aromatic heterocycles. The summed E-state index contributed by atoms with van der Waals surface area (Å²) >= 11 is 7.83. The van der Waals surface area contributed by atoms with Gasteiger partial charge in [-0.1, -0.05) is 11.6 Å². The SMILES string of the molecule is Cl.NCCN1CCC(c2nc3cc(Cl)ccc3s2)CC1. The summed E-state index contributed by atoms with van der Waals surface area (Å²) in [4.78, 5) is 7.20. The molecule has 0 unspecified atom stereocenters. The van der Waals surface area contributed by atoms with Gasteiger partial charge in [0.15, 0.2) is 0 Å². The number of likely N-dealkylation sites (tertiary alicyclic amines) is 1. The lowest BCUT2D eigenvalue weighted by molar-refractivity contribution is 0.217. The fourth-order valence-electron chi connectivity index (χ4n) is 2.68. The molecule has 1 saturated heterocycles. The lowest BCUT2D eigenvalue weighted by atomic mass is 9.97. The summed E-state index contributed by atoms with van der Waals surface area (Å²) in [7, 11) is 0. The number of thiazole rings is 1. The van der Waals surface area contributed by atoms with Crippen LogP contribution in [-0.2, 0) is 0 Å². The molecular weight excluding hydrogens is 313 g/mol. The molecule has 1 aliphatic rings. The number of hydrogen-bond donors (Lipinski definition) is 1. The molecule has 0 aliphatic carbocycles. The van der Waals surface area contributed by atoms with Crippen LogP contribution in [0.2, 0.25) is 5.02 Å². The molecule has 0 radical (unpaired) electrons. The van der Waals surface area contributed by atoms with Gasteiger partial charge >= 0.3 is 0 Å². The van der Waals surface area contributed by atoms with Crippen LogP contribution in [0, 0.1) is 0 Å². The molecule has 1 aliphatic heterocycles. The normalized spacial score (nSPS) is 17.3.